The maximum atomic E-state index is 5.59. The molecule has 0 aliphatic heterocycles. The molecule has 2 rings (SSSR count). The number of para-hydroxylation sites is 1. The van der Waals surface area contributed by atoms with Crippen molar-refractivity contribution in [2.45, 2.75) is 13.0 Å². The van der Waals surface area contributed by atoms with E-state index in [9.17, 15) is 0 Å². The maximum Gasteiger partial charge on any atom is 0.119 e. The van der Waals surface area contributed by atoms with E-state index in [0.717, 1.165) is 37.6 Å². The monoisotopic (exact) mass is 243 g/mol. The molecule has 0 unspecified atom stereocenters. The molecule has 0 aliphatic carbocycles. The van der Waals surface area contributed by atoms with Gasteiger partial charge in [-0.05, 0) is 31.2 Å². The Balaban J connectivity index is 1.54. The Bertz CT molecular complexity index is 390. The summed E-state index contributed by atoms with van der Waals surface area (Å²) in [5.41, 5.74) is 1.01. The molecule has 18 heavy (non-hydrogen) atoms. The van der Waals surface area contributed by atoms with E-state index in [2.05, 4.69) is 15.3 Å². The lowest BCUT2D eigenvalue weighted by molar-refractivity contribution is 0.308. The van der Waals surface area contributed by atoms with Crippen LogP contribution in [-0.4, -0.2) is 23.1 Å². The third-order valence-electron chi connectivity index (χ3n) is 2.46. The van der Waals surface area contributed by atoms with E-state index in [0.29, 0.717) is 0 Å². The van der Waals surface area contributed by atoms with Crippen LogP contribution in [0.1, 0.15) is 12.1 Å². The Labute approximate surface area is 107 Å². The lowest BCUT2D eigenvalue weighted by Gasteiger charge is -2.06. The first kappa shape index (κ1) is 12.5. The zero-order valence-corrected chi connectivity index (χ0v) is 10.2. The van der Waals surface area contributed by atoms with E-state index in [-0.39, 0.29) is 0 Å². The van der Waals surface area contributed by atoms with Crippen molar-refractivity contribution in [2.24, 2.45) is 0 Å². The molecule has 1 aromatic carbocycles. The summed E-state index contributed by atoms with van der Waals surface area (Å²) in [6, 6.07) is 11.8. The largest absolute Gasteiger partial charge is 0.494 e. The summed E-state index contributed by atoms with van der Waals surface area (Å²) >= 11 is 0. The summed E-state index contributed by atoms with van der Waals surface area (Å²) in [6.45, 7) is 2.41. The van der Waals surface area contributed by atoms with Crippen LogP contribution >= 0.6 is 0 Å². The lowest BCUT2D eigenvalue weighted by atomic mass is 10.3. The Morgan fingerprint density at radius 1 is 1.11 bits per heavy atom. The number of hydrogen-bond acceptors (Lipinski definition) is 4. The molecule has 4 heteroatoms. The van der Waals surface area contributed by atoms with Crippen molar-refractivity contribution >= 4 is 0 Å². The van der Waals surface area contributed by atoms with E-state index in [4.69, 9.17) is 4.74 Å². The average Bonchev–Trinajstić information content (AvgIpc) is 2.45. The number of nitrogens with one attached hydrogen (secondary N) is 1. The second-order valence-corrected chi connectivity index (χ2v) is 3.89. The lowest BCUT2D eigenvalue weighted by Crippen LogP contribution is -2.17. The smallest absolute Gasteiger partial charge is 0.119 e. The summed E-state index contributed by atoms with van der Waals surface area (Å²) in [6.07, 6.45) is 4.29. The molecule has 4 nitrogen and oxygen atoms in total. The molecule has 0 radical (unpaired) electrons. The maximum absolute atomic E-state index is 5.59. The van der Waals surface area contributed by atoms with Crippen molar-refractivity contribution in [1.29, 1.82) is 0 Å². The Morgan fingerprint density at radius 3 is 2.78 bits per heavy atom. The van der Waals surface area contributed by atoms with Gasteiger partial charge in [-0.1, -0.05) is 18.2 Å². The molecule has 0 atom stereocenters. The van der Waals surface area contributed by atoms with Gasteiger partial charge in [-0.3, -0.25) is 0 Å². The molecular weight excluding hydrogens is 226 g/mol. The topological polar surface area (TPSA) is 47.0 Å². The minimum Gasteiger partial charge on any atom is -0.494 e. The molecule has 94 valence electrons. The van der Waals surface area contributed by atoms with Crippen molar-refractivity contribution < 1.29 is 4.74 Å². The molecule has 1 aromatic heterocycles. The van der Waals surface area contributed by atoms with Gasteiger partial charge in [0.2, 0.25) is 0 Å². The molecule has 0 spiro atoms. The SMILES string of the molecule is c1ccc(OCCCNCc2ccncn2)cc1. The predicted molar refractivity (Wildman–Crippen MR) is 70.3 cm³/mol. The van der Waals surface area contributed by atoms with Crippen LogP contribution in [0.15, 0.2) is 48.9 Å². The summed E-state index contributed by atoms with van der Waals surface area (Å²) in [7, 11) is 0. The van der Waals surface area contributed by atoms with E-state index >= 15 is 0 Å². The van der Waals surface area contributed by atoms with Gasteiger partial charge in [-0.25, -0.2) is 9.97 Å². The number of hydrogen-bond donors (Lipinski definition) is 1. The molecule has 1 heterocycles. The average molecular weight is 243 g/mol. The van der Waals surface area contributed by atoms with Crippen LogP contribution in [0, 0.1) is 0 Å². The summed E-state index contributed by atoms with van der Waals surface area (Å²) in [5, 5.41) is 3.32. The van der Waals surface area contributed by atoms with Crippen LogP contribution in [0.4, 0.5) is 0 Å². The molecule has 0 bridgehead atoms. The fourth-order valence-corrected chi connectivity index (χ4v) is 1.54. The van der Waals surface area contributed by atoms with Crippen LogP contribution in [0.2, 0.25) is 0 Å². The number of benzene rings is 1. The number of aromatic nitrogens is 2. The quantitative estimate of drug-likeness (QED) is 0.756. The van der Waals surface area contributed by atoms with Gasteiger partial charge in [0.15, 0.2) is 0 Å². The molecule has 1 N–H and O–H groups in total. The standard InChI is InChI=1S/C14H17N3O/c1-2-5-14(6-3-1)18-10-4-8-15-11-13-7-9-16-12-17-13/h1-3,5-7,9,12,15H,4,8,10-11H2. The molecule has 0 saturated heterocycles. The highest BCUT2D eigenvalue weighted by molar-refractivity contribution is 5.20. The fraction of sp³-hybridized carbons (Fsp3) is 0.286. The Hall–Kier alpha value is -1.94. The first-order chi connectivity index (χ1) is 8.95. The molecule has 0 saturated carbocycles. The van der Waals surface area contributed by atoms with E-state index in [1.807, 2.05) is 36.4 Å². The highest BCUT2D eigenvalue weighted by Gasteiger charge is 1.94. The summed E-state index contributed by atoms with van der Waals surface area (Å²) < 4.78 is 5.59. The van der Waals surface area contributed by atoms with Gasteiger partial charge in [0.05, 0.1) is 12.3 Å². The van der Waals surface area contributed by atoms with Crippen LogP contribution in [-0.2, 0) is 6.54 Å². The molecule has 0 fully saturated rings. The molecule has 0 amide bonds. The van der Waals surface area contributed by atoms with Gasteiger partial charge in [0.25, 0.3) is 0 Å². The van der Waals surface area contributed by atoms with Gasteiger partial charge in [-0.15, -0.1) is 0 Å². The Kier molecular flexibility index (Phi) is 5.14. The van der Waals surface area contributed by atoms with Crippen molar-refractivity contribution in [3.05, 3.63) is 54.6 Å². The van der Waals surface area contributed by atoms with Crippen LogP contribution in [0.25, 0.3) is 0 Å². The van der Waals surface area contributed by atoms with Gasteiger partial charge in [0, 0.05) is 12.7 Å². The first-order valence-electron chi connectivity index (χ1n) is 6.08. The number of ether oxygens (including phenoxy) is 1. The van der Waals surface area contributed by atoms with Crippen molar-refractivity contribution in [3.8, 4) is 5.75 Å². The van der Waals surface area contributed by atoms with E-state index in [1.165, 1.54) is 0 Å². The van der Waals surface area contributed by atoms with Crippen molar-refractivity contribution in [1.82, 2.24) is 15.3 Å². The summed E-state index contributed by atoms with van der Waals surface area (Å²) in [4.78, 5) is 8.02. The highest BCUT2D eigenvalue weighted by Crippen LogP contribution is 2.07. The van der Waals surface area contributed by atoms with Crippen LogP contribution in [0.3, 0.4) is 0 Å². The molecular formula is C14H17N3O. The zero-order valence-electron chi connectivity index (χ0n) is 10.2. The second-order valence-electron chi connectivity index (χ2n) is 3.89. The number of rotatable bonds is 7. The van der Waals surface area contributed by atoms with Crippen molar-refractivity contribution in [3.63, 3.8) is 0 Å². The first-order valence-corrected chi connectivity index (χ1v) is 6.08. The van der Waals surface area contributed by atoms with Gasteiger partial charge in [-0.2, -0.15) is 0 Å². The normalized spacial score (nSPS) is 10.2. The second kappa shape index (κ2) is 7.40. The predicted octanol–water partition coefficient (Wildman–Crippen LogP) is 2.04. The van der Waals surface area contributed by atoms with E-state index in [1.54, 1.807) is 12.5 Å². The highest BCUT2D eigenvalue weighted by atomic mass is 16.5. The zero-order chi connectivity index (χ0) is 12.5. The van der Waals surface area contributed by atoms with Crippen LogP contribution in [0.5, 0.6) is 5.75 Å². The summed E-state index contributed by atoms with van der Waals surface area (Å²) in [5.74, 6) is 0.924. The fourth-order valence-electron chi connectivity index (χ4n) is 1.54. The van der Waals surface area contributed by atoms with Crippen LogP contribution < -0.4 is 10.1 Å². The molecule has 0 aliphatic rings. The van der Waals surface area contributed by atoms with Gasteiger partial charge < -0.3 is 10.1 Å². The third kappa shape index (κ3) is 4.51. The third-order valence-corrected chi connectivity index (χ3v) is 2.46. The van der Waals surface area contributed by atoms with Gasteiger partial charge in [0.1, 0.15) is 12.1 Å². The molecule has 2 aromatic rings. The Morgan fingerprint density at radius 2 is 2.00 bits per heavy atom. The minimum atomic E-state index is 0.723. The number of nitrogens with zero attached hydrogens (tertiary/aromatic N) is 2. The van der Waals surface area contributed by atoms with Gasteiger partial charge >= 0.3 is 0 Å². The van der Waals surface area contributed by atoms with E-state index < -0.39 is 0 Å². The minimum absolute atomic E-state index is 0.723. The van der Waals surface area contributed by atoms with Crippen molar-refractivity contribution in [2.75, 3.05) is 13.2 Å².